The van der Waals surface area contributed by atoms with E-state index in [1.807, 2.05) is 0 Å². The quantitative estimate of drug-likeness (QED) is 0.739. The minimum absolute atomic E-state index is 0.00274. The lowest BCUT2D eigenvalue weighted by molar-refractivity contribution is -0.138. The Morgan fingerprint density at radius 1 is 1.23 bits per heavy atom. The van der Waals surface area contributed by atoms with Gasteiger partial charge in [0.25, 0.3) is 0 Å². The Morgan fingerprint density at radius 3 is 2.38 bits per heavy atom. The van der Waals surface area contributed by atoms with Crippen molar-refractivity contribution in [1.82, 2.24) is 4.84 Å². The van der Waals surface area contributed by atoms with Crippen LogP contribution in [0.25, 0.3) is 0 Å². The molecule has 0 bridgehead atoms. The average molecular weight is 210 g/mol. The highest BCUT2D eigenvalue weighted by Gasteiger charge is 2.32. The number of benzene rings is 1. The number of hydrogen-bond acceptors (Lipinski definition) is 1. The molecular formula is C8H7ClF3N. The summed E-state index contributed by atoms with van der Waals surface area (Å²) in [5, 5.41) is 0. The largest absolute Gasteiger partial charge is 0.416 e. The predicted molar refractivity (Wildman–Crippen MR) is 44.1 cm³/mol. The molecule has 1 nitrogen and oxygen atoms in total. The molecule has 0 unspecified atom stereocenters. The summed E-state index contributed by atoms with van der Waals surface area (Å²) < 4.78 is 36.9. The minimum Gasteiger partial charge on any atom is -0.229 e. The molecule has 0 aliphatic carbocycles. The van der Waals surface area contributed by atoms with E-state index >= 15 is 0 Å². The summed E-state index contributed by atoms with van der Waals surface area (Å²) in [5.41, 5.74) is -0.506. The lowest BCUT2D eigenvalue weighted by Gasteiger charge is -2.11. The average Bonchev–Trinajstić information content (AvgIpc) is 2.04. The highest BCUT2D eigenvalue weighted by molar-refractivity contribution is 6.13. The number of alkyl halides is 3. The molecule has 0 amide bonds. The van der Waals surface area contributed by atoms with Crippen LogP contribution in [0.5, 0.6) is 0 Å². The second-order valence-electron chi connectivity index (χ2n) is 2.47. The molecule has 0 saturated carbocycles. The first-order chi connectivity index (χ1) is 6.05. The molecule has 1 N–H and O–H groups in total. The predicted octanol–water partition coefficient (Wildman–Crippen LogP) is 2.95. The molecule has 5 heteroatoms. The fourth-order valence-electron chi connectivity index (χ4n) is 1.02. The molecule has 0 atom stereocenters. The fourth-order valence-corrected chi connectivity index (χ4v) is 1.17. The summed E-state index contributed by atoms with van der Waals surface area (Å²) in [6, 6.07) is 5.31. The Labute approximate surface area is 78.6 Å². The van der Waals surface area contributed by atoms with Crippen molar-refractivity contribution < 1.29 is 13.2 Å². The van der Waals surface area contributed by atoms with Gasteiger partial charge in [-0.3, -0.25) is 0 Å². The van der Waals surface area contributed by atoms with Crippen LogP contribution in [0.4, 0.5) is 13.2 Å². The maximum atomic E-state index is 12.3. The first-order valence-electron chi connectivity index (χ1n) is 3.54. The van der Waals surface area contributed by atoms with E-state index in [9.17, 15) is 13.2 Å². The summed E-state index contributed by atoms with van der Waals surface area (Å²) in [7, 11) is 0. The Kier molecular flexibility index (Phi) is 3.17. The van der Waals surface area contributed by atoms with Gasteiger partial charge in [-0.15, -0.1) is 0 Å². The van der Waals surface area contributed by atoms with Gasteiger partial charge in [0.1, 0.15) is 0 Å². The first-order valence-corrected chi connectivity index (χ1v) is 3.92. The molecule has 0 fully saturated rings. The van der Waals surface area contributed by atoms with Crippen molar-refractivity contribution in [1.29, 1.82) is 0 Å². The van der Waals surface area contributed by atoms with Gasteiger partial charge >= 0.3 is 6.18 Å². The second-order valence-corrected chi connectivity index (χ2v) is 2.73. The smallest absolute Gasteiger partial charge is 0.229 e. The van der Waals surface area contributed by atoms with Gasteiger partial charge in [0, 0.05) is 6.54 Å². The minimum atomic E-state index is -4.32. The van der Waals surface area contributed by atoms with E-state index in [1.54, 1.807) is 6.07 Å². The highest BCUT2D eigenvalue weighted by Crippen LogP contribution is 2.31. The molecule has 72 valence electrons. The van der Waals surface area contributed by atoms with Gasteiger partial charge in [0.05, 0.1) is 5.56 Å². The Bertz CT molecular complexity index is 285. The van der Waals surface area contributed by atoms with Crippen LogP contribution in [0.1, 0.15) is 11.1 Å². The molecule has 0 heterocycles. The number of rotatable bonds is 2. The molecule has 1 rings (SSSR count). The summed E-state index contributed by atoms with van der Waals surface area (Å²) >= 11 is 5.14. The van der Waals surface area contributed by atoms with E-state index in [0.717, 1.165) is 6.07 Å². The van der Waals surface area contributed by atoms with Gasteiger partial charge in [-0.1, -0.05) is 18.2 Å². The highest BCUT2D eigenvalue weighted by atomic mass is 35.5. The van der Waals surface area contributed by atoms with E-state index in [0.29, 0.717) is 0 Å². The maximum Gasteiger partial charge on any atom is 0.416 e. The standard InChI is InChI=1S/C8H7ClF3N/c9-13-5-6-3-1-2-4-7(6)8(10,11)12/h1-4,13H,5H2. The van der Waals surface area contributed by atoms with Crippen molar-refractivity contribution >= 4 is 11.8 Å². The fraction of sp³-hybridized carbons (Fsp3) is 0.250. The summed E-state index contributed by atoms with van der Waals surface area (Å²) in [6.07, 6.45) is -4.32. The van der Waals surface area contributed by atoms with Crippen molar-refractivity contribution in [2.45, 2.75) is 12.7 Å². The third-order valence-electron chi connectivity index (χ3n) is 1.58. The van der Waals surface area contributed by atoms with Crippen molar-refractivity contribution in [2.75, 3.05) is 0 Å². The molecule has 0 aromatic heterocycles. The Balaban J connectivity index is 3.05. The van der Waals surface area contributed by atoms with E-state index in [-0.39, 0.29) is 12.1 Å². The zero-order valence-electron chi connectivity index (χ0n) is 6.53. The first kappa shape index (κ1) is 10.3. The molecule has 0 aliphatic heterocycles. The van der Waals surface area contributed by atoms with Gasteiger partial charge in [0.15, 0.2) is 0 Å². The van der Waals surface area contributed by atoms with Gasteiger partial charge in [-0.05, 0) is 23.4 Å². The summed E-state index contributed by atoms with van der Waals surface area (Å²) in [5.74, 6) is 0. The van der Waals surface area contributed by atoms with E-state index in [1.165, 1.54) is 12.1 Å². The third kappa shape index (κ3) is 2.60. The maximum absolute atomic E-state index is 12.3. The SMILES string of the molecule is FC(F)(F)c1ccccc1CNCl. The normalized spacial score (nSPS) is 11.7. The third-order valence-corrected chi connectivity index (χ3v) is 1.71. The molecule has 1 aromatic rings. The van der Waals surface area contributed by atoms with Crippen molar-refractivity contribution in [2.24, 2.45) is 0 Å². The second kappa shape index (κ2) is 3.98. The molecule has 0 spiro atoms. The number of halogens is 4. The topological polar surface area (TPSA) is 12.0 Å². The van der Waals surface area contributed by atoms with Crippen molar-refractivity contribution in [3.8, 4) is 0 Å². The van der Waals surface area contributed by atoms with E-state index < -0.39 is 11.7 Å². The van der Waals surface area contributed by atoms with Gasteiger partial charge in [0.2, 0.25) is 0 Å². The van der Waals surface area contributed by atoms with Crippen molar-refractivity contribution in [3.05, 3.63) is 35.4 Å². The molecule has 0 aliphatic rings. The van der Waals surface area contributed by atoms with Crippen LogP contribution in [0.15, 0.2) is 24.3 Å². The van der Waals surface area contributed by atoms with Gasteiger partial charge in [-0.25, -0.2) is 4.84 Å². The number of hydrogen-bond donors (Lipinski definition) is 1. The molecular weight excluding hydrogens is 203 g/mol. The number of nitrogens with one attached hydrogen (secondary N) is 1. The lowest BCUT2D eigenvalue weighted by atomic mass is 10.1. The van der Waals surface area contributed by atoms with Crippen LogP contribution in [0.2, 0.25) is 0 Å². The zero-order chi connectivity index (χ0) is 9.90. The lowest BCUT2D eigenvalue weighted by Crippen LogP contribution is -2.11. The van der Waals surface area contributed by atoms with Crippen LogP contribution in [-0.4, -0.2) is 0 Å². The van der Waals surface area contributed by atoms with Crippen LogP contribution < -0.4 is 4.84 Å². The van der Waals surface area contributed by atoms with E-state index in [4.69, 9.17) is 11.8 Å². The molecule has 0 radical (unpaired) electrons. The van der Waals surface area contributed by atoms with E-state index in [2.05, 4.69) is 4.84 Å². The van der Waals surface area contributed by atoms with Gasteiger partial charge < -0.3 is 0 Å². The van der Waals surface area contributed by atoms with Crippen LogP contribution in [-0.2, 0) is 12.7 Å². The van der Waals surface area contributed by atoms with Crippen LogP contribution in [0.3, 0.4) is 0 Å². The summed E-state index contributed by atoms with van der Waals surface area (Å²) in [6.45, 7) is -0.00274. The monoisotopic (exact) mass is 209 g/mol. The Morgan fingerprint density at radius 2 is 1.85 bits per heavy atom. The van der Waals surface area contributed by atoms with Crippen LogP contribution >= 0.6 is 11.8 Å². The van der Waals surface area contributed by atoms with Crippen LogP contribution in [0, 0.1) is 0 Å². The Hall–Kier alpha value is -0.740. The molecule has 13 heavy (non-hydrogen) atoms. The zero-order valence-corrected chi connectivity index (χ0v) is 7.28. The van der Waals surface area contributed by atoms with Gasteiger partial charge in [-0.2, -0.15) is 13.2 Å². The summed E-state index contributed by atoms with van der Waals surface area (Å²) in [4.78, 5) is 2.17. The molecule has 0 saturated heterocycles. The van der Waals surface area contributed by atoms with Crippen molar-refractivity contribution in [3.63, 3.8) is 0 Å². The molecule has 1 aromatic carbocycles.